The molecule has 0 spiro atoms. The first-order valence-electron chi connectivity index (χ1n) is 5.26. The highest BCUT2D eigenvalue weighted by Crippen LogP contribution is 2.11. The van der Waals surface area contributed by atoms with Crippen LogP contribution in [-0.2, 0) is 9.53 Å². The van der Waals surface area contributed by atoms with Crippen molar-refractivity contribution in [3.63, 3.8) is 0 Å². The molecule has 4 nitrogen and oxygen atoms in total. The van der Waals surface area contributed by atoms with Gasteiger partial charge in [0.1, 0.15) is 0 Å². The molecule has 2 N–H and O–H groups in total. The minimum atomic E-state index is 0.134. The molecule has 1 amide bonds. The number of rotatable bonds is 2. The van der Waals surface area contributed by atoms with Crippen LogP contribution in [0, 0.1) is 0 Å². The first-order valence-corrected chi connectivity index (χ1v) is 5.26. The molecule has 2 unspecified atom stereocenters. The molecule has 0 radical (unpaired) electrons. The molecule has 4 heteroatoms. The van der Waals surface area contributed by atoms with Gasteiger partial charge in [0.25, 0.3) is 0 Å². The SMILES string of the molecule is CC1CCN(C(=O)CCN)CC(C)O1. The van der Waals surface area contributed by atoms with Crippen LogP contribution < -0.4 is 5.73 Å². The molecule has 0 aromatic rings. The van der Waals surface area contributed by atoms with E-state index in [1.165, 1.54) is 0 Å². The summed E-state index contributed by atoms with van der Waals surface area (Å²) in [6.45, 7) is 5.98. The van der Waals surface area contributed by atoms with Gasteiger partial charge in [-0.3, -0.25) is 4.79 Å². The number of carbonyl (C=O) groups excluding carboxylic acids is 1. The van der Waals surface area contributed by atoms with Crippen LogP contribution in [0.15, 0.2) is 0 Å². The molecule has 1 rings (SSSR count). The molecule has 0 aromatic heterocycles. The zero-order valence-electron chi connectivity index (χ0n) is 9.03. The largest absolute Gasteiger partial charge is 0.374 e. The van der Waals surface area contributed by atoms with Crippen molar-refractivity contribution in [2.75, 3.05) is 19.6 Å². The predicted molar refractivity (Wildman–Crippen MR) is 54.9 cm³/mol. The number of hydrogen-bond donors (Lipinski definition) is 1. The molecule has 2 atom stereocenters. The Labute approximate surface area is 85.4 Å². The lowest BCUT2D eigenvalue weighted by atomic mass is 10.2. The molecule has 1 heterocycles. The van der Waals surface area contributed by atoms with Crippen molar-refractivity contribution in [3.8, 4) is 0 Å². The summed E-state index contributed by atoms with van der Waals surface area (Å²) in [7, 11) is 0. The molecule has 1 fully saturated rings. The van der Waals surface area contributed by atoms with E-state index in [0.717, 1.165) is 13.0 Å². The van der Waals surface area contributed by atoms with E-state index >= 15 is 0 Å². The fraction of sp³-hybridized carbons (Fsp3) is 0.900. The highest BCUT2D eigenvalue weighted by atomic mass is 16.5. The van der Waals surface area contributed by atoms with Crippen molar-refractivity contribution in [2.24, 2.45) is 5.73 Å². The standard InChI is InChI=1S/C10H20N2O2/c1-8-4-6-12(7-9(2)14-8)10(13)3-5-11/h8-9H,3-7,11H2,1-2H3. The van der Waals surface area contributed by atoms with Gasteiger partial charge in [-0.2, -0.15) is 0 Å². The Balaban J connectivity index is 2.48. The first kappa shape index (κ1) is 11.5. The third-order valence-corrected chi connectivity index (χ3v) is 2.46. The topological polar surface area (TPSA) is 55.6 Å². The minimum absolute atomic E-state index is 0.134. The van der Waals surface area contributed by atoms with Crippen LogP contribution in [0.5, 0.6) is 0 Å². The van der Waals surface area contributed by atoms with Crippen LogP contribution in [0.4, 0.5) is 0 Å². The van der Waals surface area contributed by atoms with Crippen LogP contribution >= 0.6 is 0 Å². The number of carbonyl (C=O) groups is 1. The molecular formula is C10H20N2O2. The summed E-state index contributed by atoms with van der Waals surface area (Å²) in [5, 5.41) is 0. The van der Waals surface area contributed by atoms with Gasteiger partial charge in [0.2, 0.25) is 5.91 Å². The van der Waals surface area contributed by atoms with Gasteiger partial charge in [-0.25, -0.2) is 0 Å². The quantitative estimate of drug-likeness (QED) is 0.700. The minimum Gasteiger partial charge on any atom is -0.374 e. The van der Waals surface area contributed by atoms with Crippen molar-refractivity contribution >= 4 is 5.91 Å². The fourth-order valence-electron chi connectivity index (χ4n) is 1.76. The second-order valence-corrected chi connectivity index (χ2v) is 3.92. The van der Waals surface area contributed by atoms with Crippen molar-refractivity contribution in [3.05, 3.63) is 0 Å². The Morgan fingerprint density at radius 2 is 2.21 bits per heavy atom. The van der Waals surface area contributed by atoms with Gasteiger partial charge in [-0.15, -0.1) is 0 Å². The van der Waals surface area contributed by atoms with Crippen molar-refractivity contribution in [1.82, 2.24) is 4.90 Å². The van der Waals surface area contributed by atoms with E-state index in [1.807, 2.05) is 18.7 Å². The Hall–Kier alpha value is -0.610. The summed E-state index contributed by atoms with van der Waals surface area (Å²) < 4.78 is 5.64. The summed E-state index contributed by atoms with van der Waals surface area (Å²) >= 11 is 0. The van der Waals surface area contributed by atoms with Crippen molar-refractivity contribution in [1.29, 1.82) is 0 Å². The van der Waals surface area contributed by atoms with Gasteiger partial charge in [0.05, 0.1) is 12.2 Å². The highest BCUT2D eigenvalue weighted by molar-refractivity contribution is 5.76. The Morgan fingerprint density at radius 3 is 2.86 bits per heavy atom. The number of hydrogen-bond acceptors (Lipinski definition) is 3. The normalized spacial score (nSPS) is 28.6. The monoisotopic (exact) mass is 200 g/mol. The smallest absolute Gasteiger partial charge is 0.223 e. The molecule has 82 valence electrons. The number of nitrogens with two attached hydrogens (primary N) is 1. The maximum atomic E-state index is 11.6. The summed E-state index contributed by atoms with van der Waals surface area (Å²) in [6, 6.07) is 0. The molecule has 0 bridgehead atoms. The van der Waals surface area contributed by atoms with E-state index in [-0.39, 0.29) is 18.1 Å². The average molecular weight is 200 g/mol. The van der Waals surface area contributed by atoms with Crippen LogP contribution in [0.2, 0.25) is 0 Å². The zero-order valence-corrected chi connectivity index (χ0v) is 9.03. The summed E-state index contributed by atoms with van der Waals surface area (Å²) in [6.07, 6.45) is 1.75. The lowest BCUT2D eigenvalue weighted by Crippen LogP contribution is -2.36. The van der Waals surface area contributed by atoms with E-state index in [0.29, 0.717) is 19.5 Å². The van der Waals surface area contributed by atoms with Gasteiger partial charge in [-0.1, -0.05) is 0 Å². The van der Waals surface area contributed by atoms with E-state index < -0.39 is 0 Å². The zero-order chi connectivity index (χ0) is 10.6. The Kier molecular flexibility index (Phi) is 4.35. The molecule has 0 aliphatic carbocycles. The summed E-state index contributed by atoms with van der Waals surface area (Å²) in [5.74, 6) is 0.150. The second-order valence-electron chi connectivity index (χ2n) is 3.92. The number of nitrogens with zero attached hydrogens (tertiary/aromatic N) is 1. The molecule has 14 heavy (non-hydrogen) atoms. The van der Waals surface area contributed by atoms with Crippen molar-refractivity contribution in [2.45, 2.75) is 38.9 Å². The molecule has 0 aromatic carbocycles. The van der Waals surface area contributed by atoms with Crippen LogP contribution in [0.1, 0.15) is 26.7 Å². The summed E-state index contributed by atoms with van der Waals surface area (Å²) in [4.78, 5) is 13.5. The maximum Gasteiger partial charge on any atom is 0.223 e. The lowest BCUT2D eigenvalue weighted by molar-refractivity contribution is -0.131. The van der Waals surface area contributed by atoms with Gasteiger partial charge < -0.3 is 15.4 Å². The van der Waals surface area contributed by atoms with Crippen molar-refractivity contribution < 1.29 is 9.53 Å². The highest BCUT2D eigenvalue weighted by Gasteiger charge is 2.22. The number of ether oxygens (including phenoxy) is 1. The van der Waals surface area contributed by atoms with Gasteiger partial charge >= 0.3 is 0 Å². The first-order chi connectivity index (χ1) is 6.63. The Morgan fingerprint density at radius 1 is 1.50 bits per heavy atom. The van der Waals surface area contributed by atoms with E-state index in [9.17, 15) is 4.79 Å². The second kappa shape index (κ2) is 5.32. The van der Waals surface area contributed by atoms with Crippen LogP contribution in [0.25, 0.3) is 0 Å². The van der Waals surface area contributed by atoms with Gasteiger partial charge in [-0.05, 0) is 20.3 Å². The molecule has 1 saturated heterocycles. The molecule has 1 aliphatic heterocycles. The average Bonchev–Trinajstić information content (AvgIpc) is 2.27. The van der Waals surface area contributed by atoms with E-state index in [1.54, 1.807) is 0 Å². The molecule has 0 saturated carbocycles. The Bertz CT molecular complexity index is 197. The number of amides is 1. The van der Waals surface area contributed by atoms with Gasteiger partial charge in [0.15, 0.2) is 0 Å². The third kappa shape index (κ3) is 3.27. The predicted octanol–water partition coefficient (Wildman–Crippen LogP) is 0.361. The van der Waals surface area contributed by atoms with Crippen LogP contribution in [0.3, 0.4) is 0 Å². The van der Waals surface area contributed by atoms with E-state index in [2.05, 4.69) is 0 Å². The van der Waals surface area contributed by atoms with E-state index in [4.69, 9.17) is 10.5 Å². The molecule has 1 aliphatic rings. The third-order valence-electron chi connectivity index (χ3n) is 2.46. The summed E-state index contributed by atoms with van der Waals surface area (Å²) in [5.41, 5.74) is 5.36. The van der Waals surface area contributed by atoms with Gasteiger partial charge in [0, 0.05) is 26.1 Å². The molecular weight excluding hydrogens is 180 g/mol. The van der Waals surface area contributed by atoms with Crippen LogP contribution in [-0.4, -0.2) is 42.6 Å². The lowest BCUT2D eigenvalue weighted by Gasteiger charge is -2.21. The maximum absolute atomic E-state index is 11.6. The fourth-order valence-corrected chi connectivity index (χ4v) is 1.76.